The van der Waals surface area contributed by atoms with E-state index < -0.39 is 0 Å². The molecule has 7 heteroatoms. The van der Waals surface area contributed by atoms with E-state index in [9.17, 15) is 4.79 Å². The number of rotatable bonds is 4. The molecule has 0 saturated heterocycles. The average Bonchev–Trinajstić information content (AvgIpc) is 2.82. The Morgan fingerprint density at radius 2 is 2.11 bits per heavy atom. The summed E-state index contributed by atoms with van der Waals surface area (Å²) in [6, 6.07) is 1.77. The van der Waals surface area contributed by atoms with Crippen LogP contribution in [0.4, 0.5) is 11.6 Å². The molecule has 0 bridgehead atoms. The Hall–Kier alpha value is -2.44. The summed E-state index contributed by atoms with van der Waals surface area (Å²) >= 11 is 0. The van der Waals surface area contributed by atoms with Crippen LogP contribution in [0.3, 0.4) is 0 Å². The highest BCUT2D eigenvalue weighted by molar-refractivity contribution is 5.90. The van der Waals surface area contributed by atoms with E-state index >= 15 is 0 Å². The van der Waals surface area contributed by atoms with E-state index in [4.69, 9.17) is 0 Å². The monoisotopic (exact) mass is 246 g/mol. The predicted molar refractivity (Wildman–Crippen MR) is 67.2 cm³/mol. The van der Waals surface area contributed by atoms with Crippen LogP contribution in [0.2, 0.25) is 0 Å². The molecule has 0 aliphatic heterocycles. The molecular weight excluding hydrogens is 232 g/mol. The largest absolute Gasteiger partial charge is 0.347 e. The highest BCUT2D eigenvalue weighted by Gasteiger charge is 2.05. The minimum absolute atomic E-state index is 0.167. The molecule has 0 aliphatic carbocycles. The fraction of sp³-hybridized carbons (Fsp3) is 0.273. The van der Waals surface area contributed by atoms with E-state index in [1.165, 1.54) is 0 Å². The highest BCUT2D eigenvalue weighted by atomic mass is 16.2. The summed E-state index contributed by atoms with van der Waals surface area (Å²) < 4.78 is 1.55. The molecular formula is C11H14N6O. The highest BCUT2D eigenvalue weighted by Crippen LogP contribution is 2.07. The Morgan fingerprint density at radius 3 is 2.67 bits per heavy atom. The minimum Gasteiger partial charge on any atom is -0.347 e. The fourth-order valence-corrected chi connectivity index (χ4v) is 1.36. The predicted octanol–water partition coefficient (Wildman–Crippen LogP) is 0.378. The van der Waals surface area contributed by atoms with Crippen LogP contribution in [0.25, 0.3) is 0 Å². The van der Waals surface area contributed by atoms with Crippen molar-refractivity contribution < 1.29 is 4.79 Å². The van der Waals surface area contributed by atoms with Gasteiger partial charge in [-0.1, -0.05) is 0 Å². The topological polar surface area (TPSA) is 75.9 Å². The van der Waals surface area contributed by atoms with Crippen molar-refractivity contribution in [2.45, 2.75) is 6.54 Å². The zero-order valence-corrected chi connectivity index (χ0v) is 10.2. The number of carbonyl (C=O) groups excluding carboxylic acids is 1. The third-order valence-electron chi connectivity index (χ3n) is 2.19. The quantitative estimate of drug-likeness (QED) is 0.844. The van der Waals surface area contributed by atoms with Gasteiger partial charge in [-0.15, -0.1) is 0 Å². The van der Waals surface area contributed by atoms with Gasteiger partial charge in [0.1, 0.15) is 6.54 Å². The summed E-state index contributed by atoms with van der Waals surface area (Å²) in [5.74, 6) is 0.431. The van der Waals surface area contributed by atoms with E-state index in [-0.39, 0.29) is 12.5 Å². The van der Waals surface area contributed by atoms with Crippen molar-refractivity contribution >= 4 is 17.5 Å². The maximum absolute atomic E-state index is 11.7. The van der Waals surface area contributed by atoms with Crippen LogP contribution in [-0.2, 0) is 11.3 Å². The van der Waals surface area contributed by atoms with Crippen LogP contribution >= 0.6 is 0 Å². The van der Waals surface area contributed by atoms with Gasteiger partial charge < -0.3 is 10.2 Å². The number of anilines is 2. The van der Waals surface area contributed by atoms with E-state index in [1.807, 2.05) is 14.1 Å². The summed E-state index contributed by atoms with van der Waals surface area (Å²) in [6.45, 7) is 0.169. The van der Waals surface area contributed by atoms with Gasteiger partial charge in [-0.25, -0.2) is 9.97 Å². The zero-order valence-electron chi connectivity index (χ0n) is 10.2. The lowest BCUT2D eigenvalue weighted by Crippen LogP contribution is -2.19. The van der Waals surface area contributed by atoms with Gasteiger partial charge in [0.05, 0.1) is 18.1 Å². The normalized spacial score (nSPS) is 10.1. The number of hydrogen-bond acceptors (Lipinski definition) is 5. The van der Waals surface area contributed by atoms with E-state index in [1.54, 1.807) is 40.4 Å². The van der Waals surface area contributed by atoms with E-state index in [2.05, 4.69) is 20.4 Å². The third-order valence-corrected chi connectivity index (χ3v) is 2.19. The van der Waals surface area contributed by atoms with Crippen LogP contribution in [0.1, 0.15) is 0 Å². The summed E-state index contributed by atoms with van der Waals surface area (Å²) in [4.78, 5) is 21.7. The lowest BCUT2D eigenvalue weighted by Gasteiger charge is -2.10. The average molecular weight is 246 g/mol. The van der Waals surface area contributed by atoms with Crippen molar-refractivity contribution in [1.29, 1.82) is 0 Å². The smallest absolute Gasteiger partial charge is 0.246 e. The summed E-state index contributed by atoms with van der Waals surface area (Å²) in [6.07, 6.45) is 6.50. The first-order chi connectivity index (χ1) is 8.65. The number of nitrogens with one attached hydrogen (secondary N) is 1. The molecule has 18 heavy (non-hydrogen) atoms. The van der Waals surface area contributed by atoms with Gasteiger partial charge in [0, 0.05) is 26.5 Å². The molecule has 0 radical (unpaired) electrons. The number of carbonyl (C=O) groups is 1. The Labute approximate surface area is 104 Å². The number of amides is 1. The lowest BCUT2D eigenvalue weighted by molar-refractivity contribution is -0.116. The first kappa shape index (κ1) is 12.0. The molecule has 7 nitrogen and oxygen atoms in total. The molecule has 2 aromatic rings. The second-order valence-electron chi connectivity index (χ2n) is 3.92. The van der Waals surface area contributed by atoms with Crippen molar-refractivity contribution in [1.82, 2.24) is 19.7 Å². The molecule has 1 amide bonds. The SMILES string of the molecule is CN(C)c1ncc(NC(=O)Cn2cccn2)cn1. The number of hydrogen-bond donors (Lipinski definition) is 1. The van der Waals surface area contributed by atoms with Crippen molar-refractivity contribution in [3.8, 4) is 0 Å². The molecule has 0 saturated carbocycles. The minimum atomic E-state index is -0.167. The summed E-state index contributed by atoms with van der Waals surface area (Å²) in [5, 5.41) is 6.66. The van der Waals surface area contributed by atoms with Crippen LogP contribution in [0.5, 0.6) is 0 Å². The van der Waals surface area contributed by atoms with Gasteiger partial charge in [-0.2, -0.15) is 5.10 Å². The van der Waals surface area contributed by atoms with Gasteiger partial charge >= 0.3 is 0 Å². The number of aromatic nitrogens is 4. The Bertz CT molecular complexity index is 505. The first-order valence-electron chi connectivity index (χ1n) is 5.42. The molecule has 0 spiro atoms. The summed E-state index contributed by atoms with van der Waals surface area (Å²) in [7, 11) is 3.70. The van der Waals surface area contributed by atoms with Crippen molar-refractivity contribution in [3.05, 3.63) is 30.9 Å². The van der Waals surface area contributed by atoms with Gasteiger partial charge in [0.25, 0.3) is 0 Å². The molecule has 1 N–H and O–H groups in total. The summed E-state index contributed by atoms with van der Waals surface area (Å²) in [5.41, 5.74) is 0.567. The van der Waals surface area contributed by atoms with E-state index in [0.29, 0.717) is 11.6 Å². The first-order valence-corrected chi connectivity index (χ1v) is 5.42. The molecule has 0 fully saturated rings. The Balaban J connectivity index is 1.95. The van der Waals surface area contributed by atoms with Crippen LogP contribution in [0, 0.1) is 0 Å². The van der Waals surface area contributed by atoms with Crippen molar-refractivity contribution in [2.24, 2.45) is 0 Å². The van der Waals surface area contributed by atoms with Gasteiger partial charge in [-0.3, -0.25) is 9.48 Å². The molecule has 0 aromatic carbocycles. The molecule has 94 valence electrons. The van der Waals surface area contributed by atoms with Gasteiger partial charge in [0.2, 0.25) is 11.9 Å². The second-order valence-corrected chi connectivity index (χ2v) is 3.92. The van der Waals surface area contributed by atoms with Crippen molar-refractivity contribution in [2.75, 3.05) is 24.3 Å². The van der Waals surface area contributed by atoms with Crippen LogP contribution in [0.15, 0.2) is 30.9 Å². The maximum atomic E-state index is 11.7. The van der Waals surface area contributed by atoms with Gasteiger partial charge in [0.15, 0.2) is 0 Å². The molecule has 0 atom stereocenters. The number of nitrogens with zero attached hydrogens (tertiary/aromatic N) is 5. The molecule has 0 unspecified atom stereocenters. The van der Waals surface area contributed by atoms with Crippen LogP contribution < -0.4 is 10.2 Å². The van der Waals surface area contributed by atoms with Crippen molar-refractivity contribution in [3.63, 3.8) is 0 Å². The molecule has 2 heterocycles. The molecule has 2 aromatic heterocycles. The van der Waals surface area contributed by atoms with Crippen LogP contribution in [-0.4, -0.2) is 39.8 Å². The second kappa shape index (κ2) is 5.26. The fourth-order valence-electron chi connectivity index (χ4n) is 1.36. The molecule has 0 aliphatic rings. The Morgan fingerprint density at radius 1 is 1.39 bits per heavy atom. The standard InChI is InChI=1S/C11H14N6O/c1-16(2)11-12-6-9(7-13-11)15-10(18)8-17-5-3-4-14-17/h3-7H,8H2,1-2H3,(H,15,18). The zero-order chi connectivity index (χ0) is 13.0. The molecule has 2 rings (SSSR count). The van der Waals surface area contributed by atoms with Gasteiger partial charge in [-0.05, 0) is 6.07 Å². The third kappa shape index (κ3) is 3.03. The Kier molecular flexibility index (Phi) is 3.52. The lowest BCUT2D eigenvalue weighted by atomic mass is 10.5. The van der Waals surface area contributed by atoms with E-state index in [0.717, 1.165) is 0 Å². The maximum Gasteiger partial charge on any atom is 0.246 e.